The minimum absolute atomic E-state index is 0.0187. The van der Waals surface area contributed by atoms with Crippen LogP contribution in [0, 0.1) is 6.92 Å². The maximum absolute atomic E-state index is 11.9. The number of aromatic nitrogens is 2. The molecule has 0 aliphatic rings. The summed E-state index contributed by atoms with van der Waals surface area (Å²) >= 11 is 5.56. The summed E-state index contributed by atoms with van der Waals surface area (Å²) in [6.07, 6.45) is 1.04. The van der Waals surface area contributed by atoms with Crippen molar-refractivity contribution in [2.75, 3.05) is 4.72 Å². The van der Waals surface area contributed by atoms with Gasteiger partial charge < -0.3 is 9.51 Å². The van der Waals surface area contributed by atoms with Crippen molar-refractivity contribution in [1.82, 2.24) is 10.1 Å². The normalized spacial score (nSPS) is 11.4. The molecule has 96 valence electrons. The number of aromatic amines is 1. The van der Waals surface area contributed by atoms with Crippen LogP contribution in [0.25, 0.3) is 0 Å². The van der Waals surface area contributed by atoms with Crippen molar-refractivity contribution in [1.29, 1.82) is 0 Å². The van der Waals surface area contributed by atoms with Gasteiger partial charge in [0.2, 0.25) is 5.88 Å². The van der Waals surface area contributed by atoms with E-state index in [1.165, 1.54) is 6.07 Å². The van der Waals surface area contributed by atoms with E-state index in [1.54, 1.807) is 6.92 Å². The average Bonchev–Trinajstić information content (AvgIpc) is 2.67. The number of nitrogens with one attached hydrogen (secondary N) is 2. The van der Waals surface area contributed by atoms with Gasteiger partial charge in [-0.1, -0.05) is 16.8 Å². The highest BCUT2D eigenvalue weighted by atomic mass is 35.5. The zero-order valence-corrected chi connectivity index (χ0v) is 10.7. The second-order valence-electron chi connectivity index (χ2n) is 3.45. The van der Waals surface area contributed by atoms with Crippen LogP contribution in [0.2, 0.25) is 5.02 Å². The van der Waals surface area contributed by atoms with Gasteiger partial charge in [0.1, 0.15) is 9.92 Å². The highest BCUT2D eigenvalue weighted by molar-refractivity contribution is 7.92. The van der Waals surface area contributed by atoms with Crippen LogP contribution in [-0.4, -0.2) is 18.6 Å². The molecule has 0 saturated heterocycles. The van der Waals surface area contributed by atoms with E-state index in [4.69, 9.17) is 16.1 Å². The Hall–Kier alpha value is -1.80. The Kier molecular flexibility index (Phi) is 3.14. The number of halogens is 1. The summed E-state index contributed by atoms with van der Waals surface area (Å²) in [7, 11) is -3.88. The molecule has 2 N–H and O–H groups in total. The monoisotopic (exact) mass is 289 g/mol. The molecule has 2 aromatic heterocycles. The van der Waals surface area contributed by atoms with Gasteiger partial charge in [-0.3, -0.25) is 4.79 Å². The Balaban J connectivity index is 2.36. The zero-order chi connectivity index (χ0) is 13.3. The largest absolute Gasteiger partial charge is 0.338 e. The highest BCUT2D eigenvalue weighted by Gasteiger charge is 2.17. The first-order valence-electron chi connectivity index (χ1n) is 4.73. The first-order valence-corrected chi connectivity index (χ1v) is 6.59. The van der Waals surface area contributed by atoms with Gasteiger partial charge in [0.05, 0.1) is 5.69 Å². The van der Waals surface area contributed by atoms with Crippen molar-refractivity contribution >= 4 is 27.5 Å². The molecule has 0 amide bonds. The van der Waals surface area contributed by atoms with Crippen LogP contribution in [0.4, 0.5) is 5.88 Å². The Morgan fingerprint density at radius 3 is 2.72 bits per heavy atom. The van der Waals surface area contributed by atoms with E-state index in [9.17, 15) is 13.2 Å². The average molecular weight is 290 g/mol. The van der Waals surface area contributed by atoms with E-state index >= 15 is 0 Å². The first-order chi connectivity index (χ1) is 8.38. The highest BCUT2D eigenvalue weighted by Crippen LogP contribution is 2.17. The molecule has 0 spiro atoms. The molecule has 0 unspecified atom stereocenters. The number of anilines is 1. The van der Waals surface area contributed by atoms with E-state index in [2.05, 4.69) is 14.9 Å². The molecule has 2 heterocycles. The Labute approximate surface area is 107 Å². The second-order valence-corrected chi connectivity index (χ2v) is 5.54. The number of rotatable bonds is 3. The molecular weight excluding hydrogens is 282 g/mol. The third kappa shape index (κ3) is 2.54. The molecule has 2 rings (SSSR count). The molecule has 9 heteroatoms. The summed E-state index contributed by atoms with van der Waals surface area (Å²) in [5.41, 5.74) is -0.0293. The van der Waals surface area contributed by atoms with Gasteiger partial charge in [-0.05, 0) is 13.0 Å². The summed E-state index contributed by atoms with van der Waals surface area (Å²) in [6, 6.07) is 2.47. The van der Waals surface area contributed by atoms with E-state index in [1.807, 2.05) is 0 Å². The van der Waals surface area contributed by atoms with Crippen molar-refractivity contribution in [3.63, 3.8) is 0 Å². The molecule has 0 atom stereocenters. The van der Waals surface area contributed by atoms with E-state index in [0.29, 0.717) is 5.69 Å². The standard InChI is InChI=1S/C9H8ClN3O4S/c1-5-2-8(17-12-5)13-18(15,16)6-3-7(10)9(14)11-4-6/h2-4,13H,1H3,(H,11,14). The molecule has 0 aromatic carbocycles. The van der Waals surface area contributed by atoms with Crippen LogP contribution in [0.3, 0.4) is 0 Å². The molecule has 2 aromatic rings. The lowest BCUT2D eigenvalue weighted by Gasteiger charge is -2.04. The van der Waals surface area contributed by atoms with Crippen molar-refractivity contribution in [2.24, 2.45) is 0 Å². The molecule has 0 saturated carbocycles. The summed E-state index contributed by atoms with van der Waals surface area (Å²) in [5, 5.41) is 3.32. The van der Waals surface area contributed by atoms with Crippen LogP contribution in [0.15, 0.2) is 32.5 Å². The third-order valence-electron chi connectivity index (χ3n) is 2.00. The van der Waals surface area contributed by atoms with Gasteiger partial charge in [0.25, 0.3) is 15.6 Å². The SMILES string of the molecule is Cc1cc(NS(=O)(=O)c2c[nH]c(=O)c(Cl)c2)on1. The van der Waals surface area contributed by atoms with Crippen LogP contribution >= 0.6 is 11.6 Å². The van der Waals surface area contributed by atoms with Gasteiger partial charge >= 0.3 is 0 Å². The molecular formula is C9H8ClN3O4S. The lowest BCUT2D eigenvalue weighted by Crippen LogP contribution is -2.15. The Bertz CT molecular complexity index is 734. The predicted molar refractivity (Wildman–Crippen MR) is 64.1 cm³/mol. The van der Waals surface area contributed by atoms with Gasteiger partial charge in [-0.2, -0.15) is 0 Å². The maximum atomic E-state index is 11.9. The number of sulfonamides is 1. The van der Waals surface area contributed by atoms with Crippen molar-refractivity contribution in [3.05, 3.63) is 39.4 Å². The van der Waals surface area contributed by atoms with Crippen LogP contribution in [-0.2, 0) is 10.0 Å². The molecule has 7 nitrogen and oxygen atoms in total. The van der Waals surface area contributed by atoms with Crippen LogP contribution in [0.1, 0.15) is 5.69 Å². The summed E-state index contributed by atoms with van der Waals surface area (Å²) < 4.78 is 30.7. The van der Waals surface area contributed by atoms with Gasteiger partial charge in [-0.25, -0.2) is 13.1 Å². The Morgan fingerprint density at radius 1 is 1.44 bits per heavy atom. The van der Waals surface area contributed by atoms with E-state index < -0.39 is 15.6 Å². The molecule has 0 aliphatic heterocycles. The molecule has 0 bridgehead atoms. The number of H-pyrrole nitrogens is 1. The van der Waals surface area contributed by atoms with Crippen molar-refractivity contribution in [2.45, 2.75) is 11.8 Å². The number of pyridine rings is 1. The maximum Gasteiger partial charge on any atom is 0.266 e. The molecule has 0 fully saturated rings. The van der Waals surface area contributed by atoms with E-state index in [-0.39, 0.29) is 15.8 Å². The van der Waals surface area contributed by atoms with Gasteiger partial charge in [-0.15, -0.1) is 0 Å². The van der Waals surface area contributed by atoms with Crippen LogP contribution in [0.5, 0.6) is 0 Å². The fourth-order valence-corrected chi connectivity index (χ4v) is 2.40. The molecule has 0 radical (unpaired) electrons. The number of hydrogen-bond acceptors (Lipinski definition) is 5. The van der Waals surface area contributed by atoms with Gasteiger partial charge in [0.15, 0.2) is 0 Å². The van der Waals surface area contributed by atoms with E-state index in [0.717, 1.165) is 12.3 Å². The van der Waals surface area contributed by atoms with Crippen LogP contribution < -0.4 is 10.3 Å². The lowest BCUT2D eigenvalue weighted by atomic mass is 10.5. The summed E-state index contributed by atoms with van der Waals surface area (Å²) in [4.78, 5) is 13.1. The first kappa shape index (κ1) is 12.7. The topological polar surface area (TPSA) is 105 Å². The minimum Gasteiger partial charge on any atom is -0.338 e. The number of nitrogens with zero attached hydrogens (tertiary/aromatic N) is 1. The summed E-state index contributed by atoms with van der Waals surface area (Å²) in [5.74, 6) is -0.0187. The molecule has 18 heavy (non-hydrogen) atoms. The smallest absolute Gasteiger partial charge is 0.266 e. The lowest BCUT2D eigenvalue weighted by molar-refractivity contribution is 0.430. The fourth-order valence-electron chi connectivity index (χ4n) is 1.20. The van der Waals surface area contributed by atoms with Gasteiger partial charge in [0, 0.05) is 12.3 Å². The Morgan fingerprint density at radius 2 is 2.17 bits per heavy atom. The molecule has 0 aliphatic carbocycles. The number of aryl methyl sites for hydroxylation is 1. The summed E-state index contributed by atoms with van der Waals surface area (Å²) in [6.45, 7) is 1.65. The third-order valence-corrected chi connectivity index (χ3v) is 3.61. The fraction of sp³-hybridized carbons (Fsp3) is 0.111. The van der Waals surface area contributed by atoms with Crippen molar-refractivity contribution in [3.8, 4) is 0 Å². The zero-order valence-electron chi connectivity index (χ0n) is 9.10. The quantitative estimate of drug-likeness (QED) is 0.881. The predicted octanol–water partition coefficient (Wildman–Crippen LogP) is 1.13. The second kappa shape index (κ2) is 4.46. The number of hydrogen-bond donors (Lipinski definition) is 2. The minimum atomic E-state index is -3.88. The van der Waals surface area contributed by atoms with Crippen molar-refractivity contribution < 1.29 is 12.9 Å².